The predicted molar refractivity (Wildman–Crippen MR) is 184 cm³/mol. The Morgan fingerprint density at radius 2 is 1.25 bits per heavy atom. The fourth-order valence-corrected chi connectivity index (χ4v) is 5.28. The van der Waals surface area contributed by atoms with E-state index in [-0.39, 0.29) is 5.92 Å². The molecule has 0 amide bonds. The molecule has 2 aromatic carbocycles. The van der Waals surface area contributed by atoms with E-state index in [0.717, 1.165) is 66.1 Å². The molecule has 1 aliphatic carbocycles. The zero-order valence-corrected chi connectivity index (χ0v) is 27.5. The van der Waals surface area contributed by atoms with Crippen LogP contribution in [0.2, 0.25) is 0 Å². The molecule has 3 heteroatoms. The Balaban J connectivity index is 1.56. The molecular weight excluding hydrogens is 540 g/mol. The third-order valence-corrected chi connectivity index (χ3v) is 8.35. The molecule has 1 aliphatic rings. The second kappa shape index (κ2) is 20.3. The number of hydrogen-bond acceptors (Lipinski definition) is 3. The molecule has 0 aliphatic heterocycles. The van der Waals surface area contributed by atoms with Crippen molar-refractivity contribution >= 4 is 6.29 Å². The minimum atomic E-state index is -0.0616. The molecule has 0 fully saturated rings. The Morgan fingerprint density at radius 1 is 0.727 bits per heavy atom. The maximum atomic E-state index is 11.7. The van der Waals surface area contributed by atoms with E-state index >= 15 is 0 Å². The fourth-order valence-electron chi connectivity index (χ4n) is 5.28. The molecular formula is C41H52O3. The summed E-state index contributed by atoms with van der Waals surface area (Å²) in [6.07, 6.45) is 17.8. The lowest BCUT2D eigenvalue weighted by molar-refractivity contribution is -0.105. The highest BCUT2D eigenvalue weighted by atomic mass is 16.5. The first-order valence-corrected chi connectivity index (χ1v) is 16.9. The predicted octanol–water partition coefficient (Wildman–Crippen LogP) is 10.1. The number of rotatable bonds is 17. The normalized spacial score (nSPS) is 15.4. The van der Waals surface area contributed by atoms with Gasteiger partial charge in [0.15, 0.2) is 0 Å². The molecule has 0 radical (unpaired) electrons. The summed E-state index contributed by atoms with van der Waals surface area (Å²) in [7, 11) is 0. The van der Waals surface area contributed by atoms with Crippen molar-refractivity contribution in [1.82, 2.24) is 0 Å². The monoisotopic (exact) mass is 592 g/mol. The molecule has 3 unspecified atom stereocenters. The molecule has 0 saturated heterocycles. The Morgan fingerprint density at radius 3 is 1.73 bits per heavy atom. The number of carbonyl (C=O) groups excluding carboxylic acids is 1. The first kappa shape index (κ1) is 34.8. The van der Waals surface area contributed by atoms with E-state index in [0.29, 0.717) is 18.3 Å². The van der Waals surface area contributed by atoms with Crippen LogP contribution in [0.3, 0.4) is 0 Å². The van der Waals surface area contributed by atoms with Crippen molar-refractivity contribution < 1.29 is 14.3 Å². The summed E-state index contributed by atoms with van der Waals surface area (Å²) in [5.74, 6) is 16.0. The van der Waals surface area contributed by atoms with Gasteiger partial charge in [0.25, 0.3) is 0 Å². The second-order valence-electron chi connectivity index (χ2n) is 12.0. The van der Waals surface area contributed by atoms with Gasteiger partial charge in [-0.25, -0.2) is 0 Å². The summed E-state index contributed by atoms with van der Waals surface area (Å²) in [5.41, 5.74) is 3.39. The quantitative estimate of drug-likeness (QED) is 0.104. The molecule has 0 aromatic heterocycles. The summed E-state index contributed by atoms with van der Waals surface area (Å²) in [6.45, 7) is 10.5. The van der Waals surface area contributed by atoms with Crippen molar-refractivity contribution in [2.45, 2.75) is 98.3 Å². The van der Waals surface area contributed by atoms with Crippen LogP contribution < -0.4 is 9.47 Å². The van der Waals surface area contributed by atoms with Crippen LogP contribution in [0.1, 0.15) is 109 Å². The number of carbonyl (C=O) groups is 1. The van der Waals surface area contributed by atoms with Crippen molar-refractivity contribution in [3.63, 3.8) is 0 Å². The van der Waals surface area contributed by atoms with Gasteiger partial charge in [-0.3, -0.25) is 4.79 Å². The highest BCUT2D eigenvalue weighted by molar-refractivity contribution is 5.76. The third kappa shape index (κ3) is 12.9. The third-order valence-electron chi connectivity index (χ3n) is 8.35. The van der Waals surface area contributed by atoms with Gasteiger partial charge in [-0.2, -0.15) is 0 Å². The molecule has 2 aromatic rings. The van der Waals surface area contributed by atoms with Gasteiger partial charge in [0.2, 0.25) is 0 Å². The molecule has 0 spiro atoms. The van der Waals surface area contributed by atoms with E-state index < -0.39 is 0 Å². The number of hydrogen-bond donors (Lipinski definition) is 0. The van der Waals surface area contributed by atoms with Gasteiger partial charge in [-0.15, -0.1) is 0 Å². The molecule has 3 atom stereocenters. The minimum Gasteiger partial charge on any atom is -0.493 e. The van der Waals surface area contributed by atoms with Gasteiger partial charge >= 0.3 is 0 Å². The van der Waals surface area contributed by atoms with Gasteiger partial charge in [-0.1, -0.05) is 109 Å². The van der Waals surface area contributed by atoms with Crippen LogP contribution >= 0.6 is 0 Å². The second-order valence-corrected chi connectivity index (χ2v) is 12.0. The molecule has 0 heterocycles. The van der Waals surface area contributed by atoms with Crippen LogP contribution in [-0.2, 0) is 4.79 Å². The van der Waals surface area contributed by atoms with E-state index in [1.807, 2.05) is 54.6 Å². The SMILES string of the molecule is CCCCCC(CC)COc1ccc(C#CC2=CC(C#Cc3ccc(OCC(CC)CCCCC)cc3)CC(C=O)=C2)cc1. The maximum Gasteiger partial charge on any atom is 0.146 e. The first-order valence-electron chi connectivity index (χ1n) is 16.9. The van der Waals surface area contributed by atoms with Crippen LogP contribution in [0.4, 0.5) is 0 Å². The Bertz CT molecular complexity index is 1310. The summed E-state index contributed by atoms with van der Waals surface area (Å²) in [5, 5.41) is 0. The molecule has 3 rings (SSSR count). The van der Waals surface area contributed by atoms with E-state index in [9.17, 15) is 4.79 Å². The van der Waals surface area contributed by atoms with E-state index in [1.54, 1.807) is 0 Å². The van der Waals surface area contributed by atoms with Crippen LogP contribution in [-0.4, -0.2) is 19.5 Å². The number of aldehydes is 1. The van der Waals surface area contributed by atoms with Crippen LogP contribution in [0.5, 0.6) is 11.5 Å². The molecule has 234 valence electrons. The number of allylic oxidation sites excluding steroid dienone is 4. The highest BCUT2D eigenvalue weighted by Gasteiger charge is 2.13. The highest BCUT2D eigenvalue weighted by Crippen LogP contribution is 2.23. The number of unbranched alkanes of at least 4 members (excludes halogenated alkanes) is 4. The van der Waals surface area contributed by atoms with Crippen LogP contribution in [0, 0.1) is 41.4 Å². The Hall–Kier alpha value is -3.69. The topological polar surface area (TPSA) is 35.5 Å². The lowest BCUT2D eigenvalue weighted by Crippen LogP contribution is -2.11. The largest absolute Gasteiger partial charge is 0.493 e. The van der Waals surface area contributed by atoms with Crippen molar-refractivity contribution in [3.05, 3.63) is 83.0 Å². The van der Waals surface area contributed by atoms with Gasteiger partial charge in [0.05, 0.1) is 13.2 Å². The van der Waals surface area contributed by atoms with Gasteiger partial charge in [0.1, 0.15) is 17.8 Å². The first-order chi connectivity index (χ1) is 21.6. The zero-order valence-electron chi connectivity index (χ0n) is 27.5. The van der Waals surface area contributed by atoms with Crippen LogP contribution in [0.15, 0.2) is 71.8 Å². The zero-order chi connectivity index (χ0) is 31.4. The van der Waals surface area contributed by atoms with Gasteiger partial charge in [0, 0.05) is 22.6 Å². The average molecular weight is 593 g/mol. The standard InChI is InChI=1S/C41H52O3/c1-5-9-11-13-33(7-3)31-43-40-23-19-35(20-24-40)15-17-37-27-38(29-39(28-37)30-42)18-16-36-21-25-41(26-22-36)44-32-34(8-4)14-12-10-6-2/h19-28,30,33-34,38H,5-14,29,31-32H2,1-4H3. The van der Waals surface area contributed by atoms with Crippen molar-refractivity contribution in [1.29, 1.82) is 0 Å². The van der Waals surface area contributed by atoms with Gasteiger partial charge in [-0.05, 0) is 91.3 Å². The van der Waals surface area contributed by atoms with Crippen molar-refractivity contribution in [2.75, 3.05) is 13.2 Å². The summed E-state index contributed by atoms with van der Waals surface area (Å²) in [4.78, 5) is 11.7. The fraction of sp³-hybridized carbons (Fsp3) is 0.488. The molecule has 0 bridgehead atoms. The Kier molecular flexibility index (Phi) is 16.1. The number of ether oxygens (including phenoxy) is 2. The molecule has 0 N–H and O–H groups in total. The smallest absolute Gasteiger partial charge is 0.146 e. The van der Waals surface area contributed by atoms with Crippen LogP contribution in [0.25, 0.3) is 0 Å². The van der Waals surface area contributed by atoms with E-state index in [4.69, 9.17) is 9.47 Å². The molecule has 44 heavy (non-hydrogen) atoms. The number of benzene rings is 2. The average Bonchev–Trinajstić information content (AvgIpc) is 3.06. The van der Waals surface area contributed by atoms with E-state index in [2.05, 4.69) is 57.5 Å². The van der Waals surface area contributed by atoms with Crippen molar-refractivity contribution in [3.8, 4) is 35.2 Å². The minimum absolute atomic E-state index is 0.0616. The van der Waals surface area contributed by atoms with Crippen molar-refractivity contribution in [2.24, 2.45) is 17.8 Å². The Labute approximate surface area is 267 Å². The van der Waals surface area contributed by atoms with Gasteiger partial charge < -0.3 is 9.47 Å². The molecule has 0 saturated carbocycles. The van der Waals surface area contributed by atoms with E-state index in [1.165, 1.54) is 51.4 Å². The lowest BCUT2D eigenvalue weighted by Gasteiger charge is -2.15. The maximum absolute atomic E-state index is 11.7. The summed E-state index contributed by atoms with van der Waals surface area (Å²) >= 11 is 0. The lowest BCUT2D eigenvalue weighted by atomic mass is 9.91. The summed E-state index contributed by atoms with van der Waals surface area (Å²) in [6, 6.07) is 16.0. The summed E-state index contributed by atoms with van der Waals surface area (Å²) < 4.78 is 12.1. The molecule has 3 nitrogen and oxygen atoms in total.